The number of Topliss-reactive ketones (excluding diaryl/α,β-unsaturated/α-hetero) is 2. The molecular formula is C33H47BrN2O3. The van der Waals surface area contributed by atoms with E-state index in [2.05, 4.69) is 34.1 Å². The van der Waals surface area contributed by atoms with Crippen molar-refractivity contribution in [3.63, 3.8) is 0 Å². The number of ketones is 2. The Morgan fingerprint density at radius 2 is 1.51 bits per heavy atom. The Labute approximate surface area is 244 Å². The summed E-state index contributed by atoms with van der Waals surface area (Å²) in [4.78, 5) is 27.1. The van der Waals surface area contributed by atoms with Crippen LogP contribution in [0, 0.1) is 0 Å². The molecule has 6 heteroatoms. The van der Waals surface area contributed by atoms with Crippen LogP contribution in [-0.2, 0) is 27.2 Å². The van der Waals surface area contributed by atoms with E-state index in [0.29, 0.717) is 19.3 Å². The zero-order chi connectivity index (χ0) is 29.4. The van der Waals surface area contributed by atoms with Gasteiger partial charge in [-0.1, -0.05) is 95.7 Å². The van der Waals surface area contributed by atoms with E-state index in [1.165, 1.54) is 19.8 Å². The fourth-order valence-corrected chi connectivity index (χ4v) is 3.44. The van der Waals surface area contributed by atoms with Crippen LogP contribution in [0.25, 0.3) is 0 Å². The van der Waals surface area contributed by atoms with E-state index in [-0.39, 0.29) is 17.6 Å². The number of benzene rings is 2. The molecule has 2 aromatic rings. The van der Waals surface area contributed by atoms with Gasteiger partial charge in [-0.3, -0.25) is 14.6 Å². The second-order valence-electron chi connectivity index (χ2n) is 9.19. The number of hydrogen-bond acceptors (Lipinski definition) is 5. The Morgan fingerprint density at radius 3 is 1.87 bits per heavy atom. The molecule has 1 heterocycles. The van der Waals surface area contributed by atoms with Gasteiger partial charge in [0, 0.05) is 25.0 Å². The molecule has 214 valence electrons. The molecular weight excluding hydrogens is 552 g/mol. The summed E-state index contributed by atoms with van der Waals surface area (Å²) < 4.78 is 4.94. The molecule has 2 atom stereocenters. The van der Waals surface area contributed by atoms with Crippen molar-refractivity contribution >= 4 is 33.7 Å². The molecule has 0 aromatic heterocycles. The predicted molar refractivity (Wildman–Crippen MR) is 170 cm³/mol. The lowest BCUT2D eigenvalue weighted by molar-refractivity contribution is -0.122. The van der Waals surface area contributed by atoms with Crippen LogP contribution < -0.4 is 5.73 Å². The number of halogens is 1. The fourth-order valence-electron chi connectivity index (χ4n) is 3.44. The number of carbonyl (C=O) groups excluding carboxylic acids is 2. The zero-order valence-corrected chi connectivity index (χ0v) is 25.6. The first-order chi connectivity index (χ1) is 18.7. The average molecular weight is 600 g/mol. The quantitative estimate of drug-likeness (QED) is 0.169. The van der Waals surface area contributed by atoms with Gasteiger partial charge in [-0.15, -0.1) is 13.2 Å². The molecule has 3 rings (SSSR count). The third-order valence-electron chi connectivity index (χ3n) is 5.72. The molecule has 0 saturated carbocycles. The maximum atomic E-state index is 11.5. The number of hydrogen-bond donors (Lipinski definition) is 1. The van der Waals surface area contributed by atoms with Crippen molar-refractivity contribution < 1.29 is 14.3 Å². The fraction of sp³-hybridized carbons (Fsp3) is 0.424. The third kappa shape index (κ3) is 18.3. The van der Waals surface area contributed by atoms with Gasteiger partial charge in [-0.25, -0.2) is 0 Å². The molecule has 39 heavy (non-hydrogen) atoms. The van der Waals surface area contributed by atoms with E-state index in [1.807, 2.05) is 73.8 Å². The first-order valence-electron chi connectivity index (χ1n) is 13.5. The normalized spacial score (nSPS) is 14.2. The molecule has 0 bridgehead atoms. The number of carbonyl (C=O) groups is 2. The molecule has 1 saturated heterocycles. The van der Waals surface area contributed by atoms with Crippen LogP contribution in [0.5, 0.6) is 0 Å². The van der Waals surface area contributed by atoms with Crippen LogP contribution in [0.3, 0.4) is 0 Å². The Bertz CT molecular complexity index is 952. The van der Waals surface area contributed by atoms with Gasteiger partial charge < -0.3 is 10.5 Å². The number of alkyl halides is 1. The van der Waals surface area contributed by atoms with Gasteiger partial charge in [-0.05, 0) is 63.3 Å². The topological polar surface area (TPSA) is 81.8 Å². The summed E-state index contributed by atoms with van der Waals surface area (Å²) in [7, 11) is 0. The van der Waals surface area contributed by atoms with E-state index in [9.17, 15) is 9.59 Å². The van der Waals surface area contributed by atoms with Crippen LogP contribution in [0.15, 0.2) is 91.0 Å². The van der Waals surface area contributed by atoms with Crippen LogP contribution in [0.2, 0.25) is 0 Å². The first kappa shape index (κ1) is 36.3. The van der Waals surface area contributed by atoms with Crippen molar-refractivity contribution in [3.8, 4) is 0 Å². The van der Waals surface area contributed by atoms with Gasteiger partial charge in [0.05, 0.1) is 5.54 Å². The highest BCUT2D eigenvalue weighted by Crippen LogP contribution is 2.16. The van der Waals surface area contributed by atoms with Crippen molar-refractivity contribution in [2.75, 3.05) is 18.5 Å². The highest BCUT2D eigenvalue weighted by molar-refractivity contribution is 9.09. The van der Waals surface area contributed by atoms with Gasteiger partial charge >= 0.3 is 0 Å². The molecule has 0 radical (unpaired) electrons. The summed E-state index contributed by atoms with van der Waals surface area (Å²) >= 11 is 3.13. The Morgan fingerprint density at radius 1 is 1.00 bits per heavy atom. The number of rotatable bonds is 11. The third-order valence-corrected chi connectivity index (χ3v) is 6.18. The summed E-state index contributed by atoms with van der Waals surface area (Å²) in [5, 5.41) is 0.896. The maximum Gasteiger partial charge on any atom is 0.154 e. The first-order valence-corrected chi connectivity index (χ1v) is 14.6. The van der Waals surface area contributed by atoms with Gasteiger partial charge in [0.25, 0.3) is 0 Å². The SMILES string of the molecule is C1CCOC1.C=CCBr.C=CC[C@](N)(Cc1ccccc1)C(C)=O.CCC=NC(Cc1ccccc1)C(C)=O. The molecule has 0 spiro atoms. The molecule has 2 aromatic carbocycles. The average Bonchev–Trinajstić information content (AvgIpc) is 3.53. The molecule has 0 aliphatic carbocycles. The Hall–Kier alpha value is -2.67. The molecule has 2 N–H and O–H groups in total. The maximum absolute atomic E-state index is 11.5. The summed E-state index contributed by atoms with van der Waals surface area (Å²) in [6.45, 7) is 14.2. The highest BCUT2D eigenvalue weighted by Gasteiger charge is 2.29. The van der Waals surface area contributed by atoms with Crippen molar-refractivity contribution in [3.05, 3.63) is 97.1 Å². The number of nitrogens with two attached hydrogens (primary N) is 1. The smallest absolute Gasteiger partial charge is 0.154 e. The van der Waals surface area contributed by atoms with Gasteiger partial charge in [0.1, 0.15) is 11.8 Å². The van der Waals surface area contributed by atoms with E-state index in [4.69, 9.17) is 10.5 Å². The molecule has 1 aliphatic rings. The van der Waals surface area contributed by atoms with Crippen LogP contribution >= 0.6 is 15.9 Å². The summed E-state index contributed by atoms with van der Waals surface area (Å²) in [5.74, 6) is 0.134. The molecule has 1 aliphatic heterocycles. The van der Waals surface area contributed by atoms with Gasteiger partial charge in [-0.2, -0.15) is 0 Å². The van der Waals surface area contributed by atoms with E-state index >= 15 is 0 Å². The Balaban J connectivity index is 0.000000563. The lowest BCUT2D eigenvalue weighted by Gasteiger charge is -2.25. The lowest BCUT2D eigenvalue weighted by Crippen LogP contribution is -2.48. The number of nitrogens with zero attached hydrogens (tertiary/aromatic N) is 1. The van der Waals surface area contributed by atoms with Crippen molar-refractivity contribution in [1.82, 2.24) is 0 Å². The highest BCUT2D eigenvalue weighted by atomic mass is 79.9. The summed E-state index contributed by atoms with van der Waals surface area (Å²) in [6, 6.07) is 19.6. The lowest BCUT2D eigenvalue weighted by atomic mass is 9.85. The molecule has 5 nitrogen and oxygen atoms in total. The molecule has 0 amide bonds. The second-order valence-corrected chi connectivity index (χ2v) is 9.83. The monoisotopic (exact) mass is 598 g/mol. The van der Waals surface area contributed by atoms with E-state index in [0.717, 1.165) is 36.1 Å². The van der Waals surface area contributed by atoms with Crippen LogP contribution in [0.4, 0.5) is 0 Å². The van der Waals surface area contributed by atoms with Gasteiger partial charge in [0.15, 0.2) is 5.78 Å². The van der Waals surface area contributed by atoms with Crippen LogP contribution in [0.1, 0.15) is 57.6 Å². The number of ether oxygens (including phenoxy) is 1. The number of aliphatic imine (C=N–C) groups is 1. The van der Waals surface area contributed by atoms with Crippen molar-refractivity contribution in [1.29, 1.82) is 0 Å². The standard InChI is InChI=1S/2C13H17NO.C4H8O.C3H5Br/c1-3-9-14-13(11(2)15)10-12-7-5-4-6-8-12;1-3-9-13(14,11(2)15)10-12-7-5-4-6-8-12;1-2-4-5-3-1;1-2-3-4/h4-9,13H,3,10H2,1-2H3;3-8H,1,9-10,14H2,2H3;1-4H2;2H,1,3H2/t;13-;;/m.0../s1. The minimum atomic E-state index is -0.802. The summed E-state index contributed by atoms with van der Waals surface area (Å²) in [5.41, 5.74) is 7.50. The number of allylic oxidation sites excluding steroid dienone is 1. The van der Waals surface area contributed by atoms with E-state index < -0.39 is 5.54 Å². The van der Waals surface area contributed by atoms with Crippen molar-refractivity contribution in [2.45, 2.75) is 70.9 Å². The van der Waals surface area contributed by atoms with Crippen molar-refractivity contribution in [2.24, 2.45) is 10.7 Å². The second kappa shape index (κ2) is 23.2. The van der Waals surface area contributed by atoms with Gasteiger partial charge in [0.2, 0.25) is 0 Å². The Kier molecular flexibility index (Phi) is 21.6. The minimum Gasteiger partial charge on any atom is -0.381 e. The van der Waals surface area contributed by atoms with E-state index in [1.54, 1.807) is 19.1 Å². The molecule has 1 fully saturated rings. The van der Waals surface area contributed by atoms with Crippen LogP contribution in [-0.4, -0.2) is 47.9 Å². The largest absolute Gasteiger partial charge is 0.381 e. The minimum absolute atomic E-state index is 0.00579. The zero-order valence-electron chi connectivity index (χ0n) is 24.0. The molecule has 1 unspecified atom stereocenters. The summed E-state index contributed by atoms with van der Waals surface area (Å²) in [6.07, 6.45) is 10.5. The predicted octanol–water partition coefficient (Wildman–Crippen LogP) is 7.12.